The van der Waals surface area contributed by atoms with E-state index in [2.05, 4.69) is 22.2 Å². The summed E-state index contributed by atoms with van der Waals surface area (Å²) in [7, 11) is 0. The van der Waals surface area contributed by atoms with Crippen molar-refractivity contribution in [1.29, 1.82) is 0 Å². The maximum Gasteiger partial charge on any atom is 0.326 e. The first-order valence-corrected chi connectivity index (χ1v) is 11.4. The molecule has 0 radical (unpaired) electrons. The predicted molar refractivity (Wildman–Crippen MR) is 133 cm³/mol. The second kappa shape index (κ2) is 10.0. The summed E-state index contributed by atoms with van der Waals surface area (Å²) in [6.45, 7) is 5.38. The normalized spacial score (nSPS) is 11.7. The van der Waals surface area contributed by atoms with E-state index in [0.717, 1.165) is 0 Å². The number of nitrogens with one attached hydrogen (secondary N) is 2. The van der Waals surface area contributed by atoms with Gasteiger partial charge in [-0.15, -0.1) is 6.58 Å². The third-order valence-electron chi connectivity index (χ3n) is 5.20. The molecule has 0 bridgehead atoms. The van der Waals surface area contributed by atoms with Gasteiger partial charge in [-0.3, -0.25) is 4.79 Å². The van der Waals surface area contributed by atoms with E-state index in [9.17, 15) is 23.5 Å². The molecule has 178 valence electrons. The molecule has 0 saturated heterocycles. The number of anilines is 2. The summed E-state index contributed by atoms with van der Waals surface area (Å²) in [4.78, 5) is 28.1. The van der Waals surface area contributed by atoms with Crippen molar-refractivity contribution in [3.05, 3.63) is 90.0 Å². The van der Waals surface area contributed by atoms with Crippen LogP contribution in [0.25, 0.3) is 21.3 Å². The molecule has 0 fully saturated rings. The maximum absolute atomic E-state index is 14.8. The predicted octanol–water partition coefficient (Wildman–Crippen LogP) is 6.13. The number of aliphatic carboxylic acids is 1. The van der Waals surface area contributed by atoms with Crippen LogP contribution in [-0.2, 0) is 4.79 Å². The molecule has 1 atom stereocenters. The van der Waals surface area contributed by atoms with Crippen LogP contribution in [0.2, 0.25) is 0 Å². The van der Waals surface area contributed by atoms with Crippen molar-refractivity contribution in [1.82, 2.24) is 10.3 Å². The number of carbonyl (C=O) groups is 2. The fourth-order valence-corrected chi connectivity index (χ4v) is 4.37. The van der Waals surface area contributed by atoms with Crippen molar-refractivity contribution >= 4 is 44.2 Å². The van der Waals surface area contributed by atoms with Gasteiger partial charge in [0.2, 0.25) is 0 Å². The number of fused-ring (bicyclic) bond motifs is 1. The summed E-state index contributed by atoms with van der Waals surface area (Å²) in [5, 5.41) is 15.1. The maximum atomic E-state index is 14.8. The molecule has 1 amide bonds. The van der Waals surface area contributed by atoms with Gasteiger partial charge in [-0.2, -0.15) is 0 Å². The lowest BCUT2D eigenvalue weighted by Gasteiger charge is -2.14. The quantitative estimate of drug-likeness (QED) is 0.257. The molecular formula is C26H21F2N3O3S. The monoisotopic (exact) mass is 493 g/mol. The molecule has 0 aliphatic rings. The van der Waals surface area contributed by atoms with Gasteiger partial charge in [-0.1, -0.05) is 35.1 Å². The van der Waals surface area contributed by atoms with Crippen molar-refractivity contribution in [3.63, 3.8) is 0 Å². The molecule has 0 aliphatic carbocycles. The summed E-state index contributed by atoms with van der Waals surface area (Å²) in [6, 6.07) is 14.3. The molecule has 1 heterocycles. The Bertz CT molecular complexity index is 1430. The fraction of sp³-hybridized carbons (Fsp3) is 0.115. The largest absolute Gasteiger partial charge is 0.480 e. The average molecular weight is 494 g/mol. The Labute approximate surface area is 204 Å². The first kappa shape index (κ1) is 24.0. The average Bonchev–Trinajstić information content (AvgIpc) is 3.21. The van der Waals surface area contributed by atoms with Crippen LogP contribution in [0.3, 0.4) is 0 Å². The van der Waals surface area contributed by atoms with E-state index in [1.54, 1.807) is 49.4 Å². The van der Waals surface area contributed by atoms with Gasteiger partial charge in [-0.25, -0.2) is 18.6 Å². The molecule has 0 saturated carbocycles. The number of hydrogen-bond acceptors (Lipinski definition) is 5. The van der Waals surface area contributed by atoms with E-state index in [4.69, 9.17) is 0 Å². The van der Waals surface area contributed by atoms with Crippen LogP contribution in [0.1, 0.15) is 23.7 Å². The van der Waals surface area contributed by atoms with Gasteiger partial charge in [0.1, 0.15) is 17.7 Å². The zero-order valence-electron chi connectivity index (χ0n) is 18.6. The lowest BCUT2D eigenvalue weighted by atomic mass is 10.0. The molecule has 35 heavy (non-hydrogen) atoms. The number of aromatic nitrogens is 1. The number of benzene rings is 3. The molecule has 9 heteroatoms. The number of halogens is 2. The molecule has 4 rings (SSSR count). The number of carboxylic acids is 1. The van der Waals surface area contributed by atoms with Gasteiger partial charge >= 0.3 is 5.97 Å². The van der Waals surface area contributed by atoms with Crippen molar-refractivity contribution < 1.29 is 23.5 Å². The number of carboxylic acid groups (broad SMARTS) is 1. The highest BCUT2D eigenvalue weighted by Crippen LogP contribution is 2.31. The van der Waals surface area contributed by atoms with Crippen molar-refractivity contribution in [2.24, 2.45) is 0 Å². The number of thiazole rings is 1. The molecular weight excluding hydrogens is 472 g/mol. The van der Waals surface area contributed by atoms with E-state index in [0.29, 0.717) is 32.0 Å². The summed E-state index contributed by atoms with van der Waals surface area (Å²) in [5.41, 5.74) is 3.05. The van der Waals surface area contributed by atoms with Gasteiger partial charge in [-0.05, 0) is 66.9 Å². The van der Waals surface area contributed by atoms with E-state index in [1.807, 2.05) is 0 Å². The second-order valence-corrected chi connectivity index (χ2v) is 9.08. The molecule has 3 aromatic carbocycles. The van der Waals surface area contributed by atoms with Gasteiger partial charge in [0.05, 0.1) is 15.9 Å². The highest BCUT2D eigenvalue weighted by atomic mass is 32.1. The lowest BCUT2D eigenvalue weighted by Crippen LogP contribution is -2.40. The molecule has 6 nitrogen and oxygen atoms in total. The summed E-state index contributed by atoms with van der Waals surface area (Å²) in [5.74, 6) is -2.52. The highest BCUT2D eigenvalue weighted by Gasteiger charge is 2.20. The van der Waals surface area contributed by atoms with Crippen molar-refractivity contribution in [3.8, 4) is 11.1 Å². The summed E-state index contributed by atoms with van der Waals surface area (Å²) < 4.78 is 28.8. The minimum atomic E-state index is -1.14. The first-order valence-electron chi connectivity index (χ1n) is 10.6. The zero-order chi connectivity index (χ0) is 25.1. The van der Waals surface area contributed by atoms with Crippen LogP contribution in [0, 0.1) is 11.6 Å². The van der Waals surface area contributed by atoms with E-state index in [-0.39, 0.29) is 23.5 Å². The van der Waals surface area contributed by atoms with Crippen LogP contribution in [0.15, 0.2) is 72.8 Å². The topological polar surface area (TPSA) is 91.3 Å². The number of nitrogens with zero attached hydrogens (tertiary/aromatic N) is 1. The van der Waals surface area contributed by atoms with Crippen LogP contribution in [0.4, 0.5) is 19.6 Å². The zero-order valence-corrected chi connectivity index (χ0v) is 19.5. The van der Waals surface area contributed by atoms with Gasteiger partial charge < -0.3 is 15.7 Å². The Balaban J connectivity index is 1.47. The van der Waals surface area contributed by atoms with E-state index >= 15 is 0 Å². The smallest absolute Gasteiger partial charge is 0.326 e. The highest BCUT2D eigenvalue weighted by molar-refractivity contribution is 7.22. The molecule has 3 N–H and O–H groups in total. The van der Waals surface area contributed by atoms with Gasteiger partial charge in [0.25, 0.3) is 5.91 Å². The first-order chi connectivity index (χ1) is 16.7. The number of amides is 1. The minimum Gasteiger partial charge on any atom is -0.480 e. The lowest BCUT2D eigenvalue weighted by molar-refractivity contribution is -0.139. The number of rotatable bonds is 8. The second-order valence-electron chi connectivity index (χ2n) is 8.05. The third kappa shape index (κ3) is 5.70. The van der Waals surface area contributed by atoms with Crippen LogP contribution >= 0.6 is 11.3 Å². The minimum absolute atomic E-state index is 0.132. The van der Waals surface area contributed by atoms with Crippen LogP contribution in [-0.4, -0.2) is 28.0 Å². The Hall–Kier alpha value is -4.11. The van der Waals surface area contributed by atoms with E-state index in [1.165, 1.54) is 29.5 Å². The van der Waals surface area contributed by atoms with Crippen LogP contribution in [0.5, 0.6) is 0 Å². The molecule has 0 aliphatic heterocycles. The molecule has 0 spiro atoms. The van der Waals surface area contributed by atoms with Gasteiger partial charge in [0.15, 0.2) is 5.13 Å². The molecule has 1 aromatic heterocycles. The third-order valence-corrected chi connectivity index (χ3v) is 6.13. The molecule has 4 aromatic rings. The summed E-state index contributed by atoms with van der Waals surface area (Å²) in [6.07, 6.45) is 0.132. The Morgan fingerprint density at radius 2 is 1.77 bits per heavy atom. The van der Waals surface area contributed by atoms with E-state index < -0.39 is 23.7 Å². The number of hydrogen-bond donors (Lipinski definition) is 3. The van der Waals surface area contributed by atoms with Crippen molar-refractivity contribution in [2.75, 3.05) is 5.32 Å². The standard InChI is InChI=1S/C26H21F2N3O3S/c1-14(2)11-22(25(33)34)29-24(32)16-5-3-15(4-6-16)17-7-9-20(19(28)12-17)30-26-31-21-10-8-18(27)13-23(21)35-26/h3-10,12-13,22H,1,11H2,2H3,(H,29,32)(H,30,31)(H,33,34)/t22-/m0/s1. The van der Waals surface area contributed by atoms with Crippen molar-refractivity contribution in [2.45, 2.75) is 19.4 Å². The SMILES string of the molecule is C=C(C)C[C@H](NC(=O)c1ccc(-c2ccc(Nc3nc4ccc(F)cc4s3)c(F)c2)cc1)C(=O)O. The molecule has 0 unspecified atom stereocenters. The van der Waals surface area contributed by atoms with Gasteiger partial charge in [0, 0.05) is 5.56 Å². The number of carbonyl (C=O) groups excluding carboxylic acids is 1. The Kier molecular flexibility index (Phi) is 6.88. The fourth-order valence-electron chi connectivity index (χ4n) is 3.47. The summed E-state index contributed by atoms with van der Waals surface area (Å²) >= 11 is 1.22. The van der Waals surface area contributed by atoms with Crippen LogP contribution < -0.4 is 10.6 Å². The Morgan fingerprint density at radius 1 is 1.06 bits per heavy atom. The Morgan fingerprint density at radius 3 is 2.43 bits per heavy atom.